The maximum atomic E-state index is 12.5. The van der Waals surface area contributed by atoms with Crippen LogP contribution >= 0.6 is 11.5 Å². The van der Waals surface area contributed by atoms with Gasteiger partial charge in [0, 0.05) is 18.0 Å². The molecule has 3 fully saturated rings. The summed E-state index contributed by atoms with van der Waals surface area (Å²) in [6.45, 7) is 3.38. The van der Waals surface area contributed by atoms with Crippen LogP contribution in [0.5, 0.6) is 5.75 Å². The summed E-state index contributed by atoms with van der Waals surface area (Å²) in [5.41, 5.74) is 0.850. The number of carbonyl (C=O) groups excluding carboxylic acids is 1. The molecule has 2 bridgehead atoms. The number of rotatable bonds is 4. The molecule has 6 heteroatoms. The zero-order chi connectivity index (χ0) is 15.8. The van der Waals surface area contributed by atoms with Crippen molar-refractivity contribution in [3.63, 3.8) is 0 Å². The lowest BCUT2D eigenvalue weighted by Gasteiger charge is -2.44. The maximum Gasteiger partial charge on any atom is 0.226 e. The molecule has 5 rings (SSSR count). The molecular formula is C17H21N3O2S. The van der Waals surface area contributed by atoms with Gasteiger partial charge in [-0.2, -0.15) is 4.37 Å². The molecule has 122 valence electrons. The SMILES string of the molecule is COc1cccc2c(CC(=O)N[C@@H]3CN4CCC3CC4)nsc12. The second-order valence-corrected chi connectivity index (χ2v) is 7.23. The van der Waals surface area contributed by atoms with Crippen LogP contribution in [0.15, 0.2) is 18.2 Å². The predicted octanol–water partition coefficient (Wildman–Crippen LogP) is 2.06. The summed E-state index contributed by atoms with van der Waals surface area (Å²) in [6, 6.07) is 6.20. The Bertz CT molecular complexity index is 722. The van der Waals surface area contributed by atoms with Gasteiger partial charge in [0.2, 0.25) is 5.91 Å². The Morgan fingerprint density at radius 3 is 2.96 bits per heavy atom. The van der Waals surface area contributed by atoms with Crippen LogP contribution in [0.1, 0.15) is 18.5 Å². The average Bonchev–Trinajstić information content (AvgIpc) is 2.99. The third-order valence-electron chi connectivity index (χ3n) is 5.09. The van der Waals surface area contributed by atoms with Crippen molar-refractivity contribution in [1.29, 1.82) is 0 Å². The van der Waals surface area contributed by atoms with Crippen LogP contribution in [0.3, 0.4) is 0 Å². The Kier molecular flexibility index (Phi) is 3.95. The minimum Gasteiger partial charge on any atom is -0.495 e. The Labute approximate surface area is 139 Å². The predicted molar refractivity (Wildman–Crippen MR) is 91.0 cm³/mol. The summed E-state index contributed by atoms with van der Waals surface area (Å²) < 4.78 is 10.9. The lowest BCUT2D eigenvalue weighted by molar-refractivity contribution is -0.122. The number of amides is 1. The zero-order valence-corrected chi connectivity index (χ0v) is 14.1. The first-order valence-corrected chi connectivity index (χ1v) is 8.95. The Hall–Kier alpha value is -1.66. The van der Waals surface area contributed by atoms with Gasteiger partial charge in [-0.05, 0) is 49.4 Å². The van der Waals surface area contributed by atoms with E-state index in [1.54, 1.807) is 7.11 Å². The first-order valence-electron chi connectivity index (χ1n) is 8.17. The van der Waals surface area contributed by atoms with Crippen LogP contribution in [-0.4, -0.2) is 48.0 Å². The fraction of sp³-hybridized carbons (Fsp3) is 0.529. The minimum atomic E-state index is 0.0822. The molecule has 0 saturated carbocycles. The molecule has 4 heterocycles. The van der Waals surface area contributed by atoms with Crippen molar-refractivity contribution >= 4 is 27.5 Å². The van der Waals surface area contributed by atoms with Crippen LogP contribution < -0.4 is 10.1 Å². The van der Waals surface area contributed by atoms with Gasteiger partial charge in [0.15, 0.2) is 0 Å². The highest BCUT2D eigenvalue weighted by molar-refractivity contribution is 7.13. The lowest BCUT2D eigenvalue weighted by atomic mass is 9.84. The number of piperidine rings is 3. The van der Waals surface area contributed by atoms with Crippen LogP contribution in [0.25, 0.3) is 10.1 Å². The van der Waals surface area contributed by atoms with E-state index in [9.17, 15) is 4.79 Å². The quantitative estimate of drug-likeness (QED) is 0.932. The summed E-state index contributed by atoms with van der Waals surface area (Å²) >= 11 is 1.40. The van der Waals surface area contributed by atoms with Crippen molar-refractivity contribution in [2.24, 2.45) is 5.92 Å². The molecule has 3 saturated heterocycles. The summed E-state index contributed by atoms with van der Waals surface area (Å²) in [5, 5.41) is 4.26. The number of methoxy groups -OCH3 is 1. The number of aromatic nitrogens is 1. The van der Waals surface area contributed by atoms with E-state index >= 15 is 0 Å². The van der Waals surface area contributed by atoms with E-state index in [0.717, 1.165) is 28.1 Å². The van der Waals surface area contributed by atoms with Gasteiger partial charge >= 0.3 is 0 Å². The van der Waals surface area contributed by atoms with E-state index in [1.807, 2.05) is 18.2 Å². The van der Waals surface area contributed by atoms with Gasteiger partial charge in [-0.3, -0.25) is 4.79 Å². The smallest absolute Gasteiger partial charge is 0.226 e. The van der Waals surface area contributed by atoms with Gasteiger partial charge in [0.1, 0.15) is 5.75 Å². The molecule has 3 aliphatic heterocycles. The molecule has 3 aliphatic rings. The summed E-state index contributed by atoms with van der Waals surface area (Å²) in [7, 11) is 1.66. The van der Waals surface area contributed by atoms with E-state index in [-0.39, 0.29) is 5.91 Å². The van der Waals surface area contributed by atoms with Crippen molar-refractivity contribution in [2.45, 2.75) is 25.3 Å². The number of benzene rings is 1. The van der Waals surface area contributed by atoms with Gasteiger partial charge in [-0.25, -0.2) is 0 Å². The zero-order valence-electron chi connectivity index (χ0n) is 13.2. The van der Waals surface area contributed by atoms with Crippen LogP contribution in [0.4, 0.5) is 0 Å². The molecule has 1 N–H and O–H groups in total. The Balaban J connectivity index is 1.47. The maximum absolute atomic E-state index is 12.5. The summed E-state index contributed by atoms with van der Waals surface area (Å²) in [5.74, 6) is 1.55. The molecule has 0 spiro atoms. The average molecular weight is 331 g/mol. The lowest BCUT2D eigenvalue weighted by Crippen LogP contribution is -2.57. The number of nitrogens with zero attached hydrogens (tertiary/aromatic N) is 2. The van der Waals surface area contributed by atoms with Crippen LogP contribution in [0.2, 0.25) is 0 Å². The number of hydrogen-bond donors (Lipinski definition) is 1. The molecule has 1 aromatic heterocycles. The van der Waals surface area contributed by atoms with Crippen molar-refractivity contribution < 1.29 is 9.53 Å². The van der Waals surface area contributed by atoms with E-state index < -0.39 is 0 Å². The van der Waals surface area contributed by atoms with Crippen LogP contribution in [0, 0.1) is 5.92 Å². The molecule has 0 unspecified atom stereocenters. The van der Waals surface area contributed by atoms with Gasteiger partial charge in [0.05, 0.1) is 23.9 Å². The monoisotopic (exact) mass is 331 g/mol. The largest absolute Gasteiger partial charge is 0.495 e. The third-order valence-corrected chi connectivity index (χ3v) is 6.00. The highest BCUT2D eigenvalue weighted by Gasteiger charge is 2.34. The van der Waals surface area contributed by atoms with E-state index in [2.05, 4.69) is 14.6 Å². The first-order chi connectivity index (χ1) is 11.2. The van der Waals surface area contributed by atoms with E-state index in [1.165, 1.54) is 37.5 Å². The molecule has 1 amide bonds. The topological polar surface area (TPSA) is 54.5 Å². The molecule has 1 atom stereocenters. The molecule has 2 aromatic rings. The second-order valence-electron chi connectivity index (χ2n) is 6.46. The molecular weight excluding hydrogens is 310 g/mol. The van der Waals surface area contributed by atoms with Gasteiger partial charge in [-0.1, -0.05) is 12.1 Å². The fourth-order valence-corrected chi connectivity index (χ4v) is 4.70. The fourth-order valence-electron chi connectivity index (χ4n) is 3.81. The van der Waals surface area contributed by atoms with Crippen molar-refractivity contribution in [2.75, 3.05) is 26.7 Å². The van der Waals surface area contributed by atoms with Gasteiger partial charge in [-0.15, -0.1) is 0 Å². The minimum absolute atomic E-state index is 0.0822. The standard InChI is InChI=1S/C17H21N3O2S/c1-22-15-4-2-3-12-13(19-23-17(12)15)9-16(21)18-14-10-20-7-5-11(14)6-8-20/h2-4,11,14H,5-10H2,1H3,(H,18,21)/t14-/m1/s1. The third kappa shape index (κ3) is 2.81. The van der Waals surface area contributed by atoms with E-state index in [4.69, 9.17) is 4.74 Å². The highest BCUT2D eigenvalue weighted by Crippen LogP contribution is 2.32. The van der Waals surface area contributed by atoms with Crippen LogP contribution in [-0.2, 0) is 11.2 Å². The second kappa shape index (κ2) is 6.09. The Morgan fingerprint density at radius 1 is 1.43 bits per heavy atom. The first kappa shape index (κ1) is 14.9. The number of carbonyl (C=O) groups is 1. The molecule has 0 radical (unpaired) electrons. The highest BCUT2D eigenvalue weighted by atomic mass is 32.1. The molecule has 1 aromatic carbocycles. The number of hydrogen-bond acceptors (Lipinski definition) is 5. The van der Waals surface area contributed by atoms with Crippen molar-refractivity contribution in [1.82, 2.24) is 14.6 Å². The van der Waals surface area contributed by atoms with Crippen molar-refractivity contribution in [3.05, 3.63) is 23.9 Å². The summed E-state index contributed by atoms with van der Waals surface area (Å²) in [4.78, 5) is 14.9. The molecule has 23 heavy (non-hydrogen) atoms. The number of ether oxygens (including phenoxy) is 1. The summed E-state index contributed by atoms with van der Waals surface area (Å²) in [6.07, 6.45) is 2.76. The number of nitrogens with one attached hydrogen (secondary N) is 1. The molecule has 0 aliphatic carbocycles. The van der Waals surface area contributed by atoms with E-state index in [0.29, 0.717) is 18.4 Å². The van der Waals surface area contributed by atoms with Gasteiger partial charge < -0.3 is 15.0 Å². The molecule has 5 nitrogen and oxygen atoms in total. The normalized spacial score (nSPS) is 26.4. The number of fused-ring (bicyclic) bond motifs is 4. The Morgan fingerprint density at radius 2 is 2.26 bits per heavy atom. The van der Waals surface area contributed by atoms with Crippen molar-refractivity contribution in [3.8, 4) is 5.75 Å². The van der Waals surface area contributed by atoms with Gasteiger partial charge in [0.25, 0.3) is 0 Å².